The lowest BCUT2D eigenvalue weighted by atomic mass is 9.97. The highest BCUT2D eigenvalue weighted by Crippen LogP contribution is 2.34. The summed E-state index contributed by atoms with van der Waals surface area (Å²) in [7, 11) is 1.83. The molecule has 0 saturated heterocycles. The molecule has 5 nitrogen and oxygen atoms in total. The largest absolute Gasteiger partial charge is 0.368 e. The van der Waals surface area contributed by atoms with Crippen molar-refractivity contribution in [1.29, 1.82) is 0 Å². The Morgan fingerprint density at radius 1 is 1.24 bits per heavy atom. The van der Waals surface area contributed by atoms with E-state index in [4.69, 9.17) is 0 Å². The van der Waals surface area contributed by atoms with Gasteiger partial charge in [0.1, 0.15) is 11.7 Å². The molecule has 0 saturated carbocycles. The fourth-order valence-electron chi connectivity index (χ4n) is 3.58. The number of fused-ring (bicyclic) bond motifs is 1. The quantitative estimate of drug-likeness (QED) is 0.650. The molecule has 0 aliphatic carbocycles. The summed E-state index contributed by atoms with van der Waals surface area (Å²) in [5, 5.41) is 2.87. The lowest BCUT2D eigenvalue weighted by Gasteiger charge is -2.20. The number of carbonyl (C=O) groups is 1. The van der Waals surface area contributed by atoms with Gasteiger partial charge in [-0.2, -0.15) is 0 Å². The second kappa shape index (κ2) is 7.83. The number of aromatic nitrogens is 1. The summed E-state index contributed by atoms with van der Waals surface area (Å²) in [4.78, 5) is 22.6. The first-order chi connectivity index (χ1) is 14.0. The summed E-state index contributed by atoms with van der Waals surface area (Å²) in [6, 6.07) is 14.4. The van der Waals surface area contributed by atoms with Crippen molar-refractivity contribution in [1.82, 2.24) is 4.98 Å². The zero-order valence-corrected chi connectivity index (χ0v) is 16.3. The number of hydrogen-bond donors (Lipinski definition) is 1. The van der Waals surface area contributed by atoms with Crippen LogP contribution in [-0.4, -0.2) is 24.2 Å². The van der Waals surface area contributed by atoms with Crippen LogP contribution in [0.25, 0.3) is 0 Å². The van der Waals surface area contributed by atoms with Crippen LogP contribution in [0.1, 0.15) is 22.6 Å². The molecule has 4 rings (SSSR count). The van der Waals surface area contributed by atoms with E-state index in [-0.39, 0.29) is 11.7 Å². The van der Waals surface area contributed by atoms with Crippen LogP contribution in [0, 0.1) is 12.7 Å². The minimum absolute atomic E-state index is 0.119. The standard InChI is InChI=1S/C23H21FN4O/c1-15-5-3-7-20-22(15)18(23(29)27-20)13-26-17-8-9-21(19(24)11-17)28(2)14-16-6-4-10-25-12-16/h3-13,18H,14H2,1-2H3,(H,27,29). The SMILES string of the molecule is Cc1cccc2c1C(C=Nc1ccc(N(C)Cc3cccnc3)c(F)c1)C(=O)N2. The van der Waals surface area contributed by atoms with E-state index in [2.05, 4.69) is 15.3 Å². The summed E-state index contributed by atoms with van der Waals surface area (Å²) in [5.41, 5.74) is 4.71. The number of aliphatic imine (C=N–C) groups is 1. The van der Waals surface area contributed by atoms with Gasteiger partial charge in [-0.3, -0.25) is 14.8 Å². The second-order valence-electron chi connectivity index (χ2n) is 7.13. The summed E-state index contributed by atoms with van der Waals surface area (Å²) >= 11 is 0. The molecule has 1 aliphatic heterocycles. The van der Waals surface area contributed by atoms with E-state index in [0.29, 0.717) is 17.9 Å². The Morgan fingerprint density at radius 2 is 2.10 bits per heavy atom. The summed E-state index contributed by atoms with van der Waals surface area (Å²) in [6.45, 7) is 2.51. The van der Waals surface area contributed by atoms with Crippen molar-refractivity contribution in [2.75, 3.05) is 17.3 Å². The Morgan fingerprint density at radius 3 is 2.86 bits per heavy atom. The highest BCUT2D eigenvalue weighted by molar-refractivity contribution is 6.13. The number of hydrogen-bond acceptors (Lipinski definition) is 4. The zero-order chi connectivity index (χ0) is 20.4. The minimum Gasteiger partial charge on any atom is -0.368 e. The Balaban J connectivity index is 1.52. The molecular weight excluding hydrogens is 367 g/mol. The van der Waals surface area contributed by atoms with Crippen LogP contribution in [0.3, 0.4) is 0 Å². The lowest BCUT2D eigenvalue weighted by molar-refractivity contribution is -0.115. The number of rotatable bonds is 5. The first-order valence-electron chi connectivity index (χ1n) is 9.37. The van der Waals surface area contributed by atoms with Crippen LogP contribution in [0.15, 0.2) is 65.9 Å². The lowest BCUT2D eigenvalue weighted by Crippen LogP contribution is -2.17. The number of nitrogens with one attached hydrogen (secondary N) is 1. The van der Waals surface area contributed by atoms with Crippen molar-refractivity contribution in [2.24, 2.45) is 4.99 Å². The molecule has 2 aromatic carbocycles. The predicted octanol–water partition coefficient (Wildman–Crippen LogP) is 4.60. The van der Waals surface area contributed by atoms with Crippen molar-refractivity contribution in [3.05, 3.63) is 83.4 Å². The van der Waals surface area contributed by atoms with E-state index in [1.54, 1.807) is 30.7 Å². The molecule has 0 spiro atoms. The van der Waals surface area contributed by atoms with Crippen molar-refractivity contribution in [2.45, 2.75) is 19.4 Å². The van der Waals surface area contributed by atoms with Gasteiger partial charge < -0.3 is 10.2 Å². The van der Waals surface area contributed by atoms with E-state index in [0.717, 1.165) is 22.4 Å². The topological polar surface area (TPSA) is 57.6 Å². The summed E-state index contributed by atoms with van der Waals surface area (Å²) < 4.78 is 14.7. The van der Waals surface area contributed by atoms with Crippen LogP contribution in [0.5, 0.6) is 0 Å². The number of aryl methyl sites for hydroxylation is 1. The Kier molecular flexibility index (Phi) is 5.08. The number of amides is 1. The van der Waals surface area contributed by atoms with Gasteiger partial charge in [0.2, 0.25) is 5.91 Å². The molecule has 1 N–H and O–H groups in total. The van der Waals surface area contributed by atoms with Crippen LogP contribution in [0.4, 0.5) is 21.5 Å². The normalized spacial score (nSPS) is 15.4. The fourth-order valence-corrected chi connectivity index (χ4v) is 3.58. The van der Waals surface area contributed by atoms with Gasteiger partial charge in [-0.05, 0) is 47.9 Å². The number of carbonyl (C=O) groups excluding carboxylic acids is 1. The van der Waals surface area contributed by atoms with E-state index in [9.17, 15) is 9.18 Å². The molecule has 29 heavy (non-hydrogen) atoms. The van der Waals surface area contributed by atoms with Gasteiger partial charge in [0.15, 0.2) is 0 Å². The molecule has 1 atom stereocenters. The molecule has 0 bridgehead atoms. The maximum absolute atomic E-state index is 14.7. The minimum atomic E-state index is -0.470. The Hall–Kier alpha value is -3.54. The maximum Gasteiger partial charge on any atom is 0.237 e. The monoisotopic (exact) mass is 388 g/mol. The predicted molar refractivity (Wildman–Crippen MR) is 113 cm³/mol. The molecule has 0 fully saturated rings. The summed E-state index contributed by atoms with van der Waals surface area (Å²) in [6.07, 6.45) is 5.06. The van der Waals surface area contributed by atoms with Crippen LogP contribution in [-0.2, 0) is 11.3 Å². The van der Waals surface area contributed by atoms with Crippen LogP contribution < -0.4 is 10.2 Å². The van der Waals surface area contributed by atoms with Gasteiger partial charge in [-0.25, -0.2) is 4.39 Å². The average Bonchev–Trinajstić information content (AvgIpc) is 3.03. The molecule has 1 aliphatic rings. The van der Waals surface area contributed by atoms with Gasteiger partial charge in [0.05, 0.1) is 11.4 Å². The first-order valence-corrected chi connectivity index (χ1v) is 9.37. The molecular formula is C23H21FN4O. The van der Waals surface area contributed by atoms with Gasteiger partial charge in [-0.1, -0.05) is 18.2 Å². The molecule has 1 aromatic heterocycles. The number of benzene rings is 2. The number of nitrogens with zero attached hydrogens (tertiary/aromatic N) is 3. The van der Waals surface area contributed by atoms with Crippen molar-refractivity contribution >= 4 is 29.2 Å². The Bertz CT molecular complexity index is 1080. The number of halogens is 1. The average molecular weight is 388 g/mol. The molecule has 6 heteroatoms. The second-order valence-corrected chi connectivity index (χ2v) is 7.13. The van der Waals surface area contributed by atoms with E-state index >= 15 is 0 Å². The van der Waals surface area contributed by atoms with Crippen LogP contribution >= 0.6 is 0 Å². The highest BCUT2D eigenvalue weighted by atomic mass is 19.1. The fraction of sp³-hybridized carbons (Fsp3) is 0.174. The van der Waals surface area contributed by atoms with E-state index < -0.39 is 5.92 Å². The zero-order valence-electron chi connectivity index (χ0n) is 16.3. The summed E-state index contributed by atoms with van der Waals surface area (Å²) in [5.74, 6) is -0.952. The van der Waals surface area contributed by atoms with E-state index in [1.807, 2.05) is 49.2 Å². The van der Waals surface area contributed by atoms with Gasteiger partial charge in [0.25, 0.3) is 0 Å². The Labute approximate surface area is 168 Å². The van der Waals surface area contributed by atoms with Gasteiger partial charge in [-0.15, -0.1) is 0 Å². The van der Waals surface area contributed by atoms with Gasteiger partial charge in [0, 0.05) is 44.0 Å². The molecule has 1 amide bonds. The molecule has 146 valence electrons. The first kappa shape index (κ1) is 18.8. The molecule has 1 unspecified atom stereocenters. The van der Waals surface area contributed by atoms with Gasteiger partial charge >= 0.3 is 0 Å². The highest BCUT2D eigenvalue weighted by Gasteiger charge is 2.30. The molecule has 0 radical (unpaired) electrons. The molecule has 2 heterocycles. The van der Waals surface area contributed by atoms with Crippen LogP contribution in [0.2, 0.25) is 0 Å². The third-order valence-corrected chi connectivity index (χ3v) is 5.03. The number of anilines is 2. The third-order valence-electron chi connectivity index (χ3n) is 5.03. The maximum atomic E-state index is 14.7. The molecule has 3 aromatic rings. The van der Waals surface area contributed by atoms with Crippen molar-refractivity contribution < 1.29 is 9.18 Å². The van der Waals surface area contributed by atoms with Crippen molar-refractivity contribution in [3.8, 4) is 0 Å². The van der Waals surface area contributed by atoms with E-state index in [1.165, 1.54) is 6.07 Å². The third kappa shape index (κ3) is 3.87. The smallest absolute Gasteiger partial charge is 0.237 e. The van der Waals surface area contributed by atoms with Crippen molar-refractivity contribution in [3.63, 3.8) is 0 Å². The number of pyridine rings is 1.